The molecule has 4 aromatic rings. The maximum atomic E-state index is 13.5. The number of benzene rings is 3. The summed E-state index contributed by atoms with van der Waals surface area (Å²) in [6.45, 7) is 2.94. The zero-order valence-corrected chi connectivity index (χ0v) is 22.1. The molecular formula is C32H29N3O5. The van der Waals surface area contributed by atoms with Gasteiger partial charge in [-0.2, -0.15) is 0 Å². The number of fused-ring (bicyclic) bond motifs is 1. The summed E-state index contributed by atoms with van der Waals surface area (Å²) in [4.78, 5) is 32.5. The van der Waals surface area contributed by atoms with Crippen molar-refractivity contribution in [3.05, 3.63) is 114 Å². The van der Waals surface area contributed by atoms with Crippen molar-refractivity contribution in [3.8, 4) is 17.2 Å². The Morgan fingerprint density at radius 3 is 2.65 bits per heavy atom. The Morgan fingerprint density at radius 2 is 1.85 bits per heavy atom. The fourth-order valence-electron chi connectivity index (χ4n) is 5.40. The molecule has 2 aliphatic rings. The quantitative estimate of drug-likeness (QED) is 0.182. The van der Waals surface area contributed by atoms with Gasteiger partial charge in [0.05, 0.1) is 17.9 Å². The number of carbonyl (C=O) groups is 2. The number of nitrogens with zero attached hydrogens (tertiary/aromatic N) is 3. The predicted octanol–water partition coefficient (Wildman–Crippen LogP) is 5.51. The van der Waals surface area contributed by atoms with E-state index in [4.69, 9.17) is 9.47 Å². The number of likely N-dealkylation sites (tertiary alicyclic amines) is 1. The summed E-state index contributed by atoms with van der Waals surface area (Å²) >= 11 is 0. The highest BCUT2D eigenvalue weighted by atomic mass is 16.5. The van der Waals surface area contributed by atoms with Crippen LogP contribution in [0.25, 0.3) is 5.76 Å². The van der Waals surface area contributed by atoms with Gasteiger partial charge in [-0.15, -0.1) is 0 Å². The van der Waals surface area contributed by atoms with E-state index in [1.807, 2.05) is 78.4 Å². The predicted molar refractivity (Wildman–Crippen MR) is 149 cm³/mol. The lowest BCUT2D eigenvalue weighted by Gasteiger charge is -2.26. The summed E-state index contributed by atoms with van der Waals surface area (Å²) in [6, 6.07) is 21.3. The van der Waals surface area contributed by atoms with Crippen LogP contribution in [0.3, 0.4) is 0 Å². The second kappa shape index (κ2) is 10.7. The van der Waals surface area contributed by atoms with Crippen LogP contribution in [0.4, 0.5) is 0 Å². The first-order valence-electron chi connectivity index (χ1n) is 13.3. The lowest BCUT2D eigenvalue weighted by molar-refractivity contribution is -0.139. The lowest BCUT2D eigenvalue weighted by atomic mass is 9.94. The van der Waals surface area contributed by atoms with Gasteiger partial charge in [-0.05, 0) is 66.9 Å². The van der Waals surface area contributed by atoms with E-state index >= 15 is 0 Å². The smallest absolute Gasteiger partial charge is 0.295 e. The van der Waals surface area contributed by atoms with Gasteiger partial charge in [0, 0.05) is 37.5 Å². The van der Waals surface area contributed by atoms with Crippen molar-refractivity contribution >= 4 is 17.4 Å². The average Bonchev–Trinajstić information content (AvgIpc) is 3.67. The maximum absolute atomic E-state index is 13.5. The van der Waals surface area contributed by atoms with Crippen LogP contribution in [0.15, 0.2) is 97.1 Å². The molecule has 1 fully saturated rings. The van der Waals surface area contributed by atoms with Crippen molar-refractivity contribution in [2.75, 3.05) is 6.54 Å². The Bertz CT molecular complexity index is 1580. The van der Waals surface area contributed by atoms with Gasteiger partial charge < -0.3 is 24.0 Å². The van der Waals surface area contributed by atoms with Crippen LogP contribution in [0, 0.1) is 0 Å². The van der Waals surface area contributed by atoms with Crippen LogP contribution >= 0.6 is 0 Å². The van der Waals surface area contributed by atoms with Gasteiger partial charge in [0.2, 0.25) is 0 Å². The van der Waals surface area contributed by atoms with Crippen LogP contribution < -0.4 is 9.47 Å². The Hall–Kier alpha value is -4.85. The van der Waals surface area contributed by atoms with Crippen LogP contribution in [-0.4, -0.2) is 43.9 Å². The third-order valence-corrected chi connectivity index (χ3v) is 7.24. The number of rotatable bonds is 8. The summed E-state index contributed by atoms with van der Waals surface area (Å²) < 4.78 is 13.8. The summed E-state index contributed by atoms with van der Waals surface area (Å²) in [5, 5.41) is 11.5. The monoisotopic (exact) mass is 535 g/mol. The number of hydrogen-bond acceptors (Lipinski definition) is 6. The van der Waals surface area contributed by atoms with E-state index < -0.39 is 17.7 Å². The summed E-state index contributed by atoms with van der Waals surface area (Å²) in [6.07, 6.45) is 6.63. The first kappa shape index (κ1) is 25.4. The highest BCUT2D eigenvalue weighted by Gasteiger charge is 2.46. The number of Topliss-reactive ketones (excluding diaryl/α,β-unsaturated/α-hetero) is 1. The topological polar surface area (TPSA) is 93.9 Å². The van der Waals surface area contributed by atoms with Crippen LogP contribution in [0.1, 0.15) is 36.1 Å². The fraction of sp³-hybridized carbons (Fsp3) is 0.219. The normalized spacial score (nSPS) is 19.5. The number of para-hydroxylation sites is 1. The van der Waals surface area contributed by atoms with Crippen LogP contribution in [0.5, 0.6) is 17.2 Å². The molecule has 1 saturated heterocycles. The van der Waals surface area contributed by atoms with E-state index in [0.717, 1.165) is 11.3 Å². The van der Waals surface area contributed by atoms with Crippen LogP contribution in [-0.2, 0) is 22.6 Å². The van der Waals surface area contributed by atoms with Gasteiger partial charge in [-0.3, -0.25) is 9.59 Å². The zero-order chi connectivity index (χ0) is 27.6. The second-order valence-electron chi connectivity index (χ2n) is 10.1. The summed E-state index contributed by atoms with van der Waals surface area (Å²) in [7, 11) is 0. The van der Waals surface area contributed by atoms with Crippen molar-refractivity contribution in [2.45, 2.75) is 38.5 Å². The van der Waals surface area contributed by atoms with E-state index in [0.29, 0.717) is 48.6 Å². The number of imidazole rings is 1. The molecule has 3 heterocycles. The molecule has 2 unspecified atom stereocenters. The molecule has 1 amide bonds. The number of ketones is 1. The van der Waals surface area contributed by atoms with Gasteiger partial charge in [0.1, 0.15) is 29.1 Å². The Kier molecular flexibility index (Phi) is 6.82. The first-order chi connectivity index (χ1) is 19.5. The number of hydrogen-bond donors (Lipinski definition) is 1. The Balaban J connectivity index is 1.38. The molecule has 0 radical (unpaired) electrons. The van der Waals surface area contributed by atoms with Crippen molar-refractivity contribution in [1.82, 2.24) is 14.5 Å². The Morgan fingerprint density at radius 1 is 1.02 bits per heavy atom. The minimum Gasteiger partial charge on any atom is -0.507 e. The molecule has 202 valence electrons. The second-order valence-corrected chi connectivity index (χ2v) is 10.1. The van der Waals surface area contributed by atoms with Crippen molar-refractivity contribution in [1.29, 1.82) is 0 Å². The Labute approximate surface area is 232 Å². The number of aliphatic hydroxyl groups excluding tert-OH is 1. The largest absolute Gasteiger partial charge is 0.507 e. The molecule has 8 heteroatoms. The van der Waals surface area contributed by atoms with E-state index in [2.05, 4.69) is 4.98 Å². The molecule has 0 aliphatic carbocycles. The molecule has 1 aromatic heterocycles. The number of aliphatic hydroxyl groups is 1. The van der Waals surface area contributed by atoms with Crippen molar-refractivity contribution in [2.24, 2.45) is 0 Å². The third kappa shape index (κ3) is 4.96. The SMILES string of the molecule is CC1Cc2cc(/C(O)=C3/C(=O)C(=O)N(CCCn4ccnc4)C3c3cccc(Oc4ccccc4)c3)ccc2O1. The minimum absolute atomic E-state index is 0.0424. The standard InChI is InChI=1S/C32H29N3O5/c1-21-17-24-18-23(11-12-27(24)39-21)30(36)28-29(22-7-5-10-26(19-22)40-25-8-3-2-4-9-25)35(32(38)31(28)37)15-6-14-34-16-13-33-20-34/h2-5,7-13,16,18-21,29,36H,6,14-15,17H2,1H3/b30-28-. The number of amides is 1. The first-order valence-corrected chi connectivity index (χ1v) is 13.3. The number of carbonyl (C=O) groups excluding carboxylic acids is 2. The van der Waals surface area contributed by atoms with Crippen molar-refractivity contribution in [3.63, 3.8) is 0 Å². The van der Waals surface area contributed by atoms with E-state index in [1.54, 1.807) is 29.6 Å². The molecule has 2 aliphatic heterocycles. The zero-order valence-electron chi connectivity index (χ0n) is 22.1. The summed E-state index contributed by atoms with van der Waals surface area (Å²) in [5.74, 6) is 0.470. The van der Waals surface area contributed by atoms with Gasteiger partial charge in [-0.1, -0.05) is 30.3 Å². The molecular weight excluding hydrogens is 506 g/mol. The maximum Gasteiger partial charge on any atom is 0.295 e. The van der Waals surface area contributed by atoms with Crippen molar-refractivity contribution < 1.29 is 24.2 Å². The van der Waals surface area contributed by atoms with E-state index in [9.17, 15) is 14.7 Å². The molecule has 0 spiro atoms. The molecule has 6 rings (SSSR count). The van der Waals surface area contributed by atoms with E-state index in [-0.39, 0.29) is 17.4 Å². The number of ether oxygens (including phenoxy) is 2. The minimum atomic E-state index is -0.773. The van der Waals surface area contributed by atoms with Gasteiger partial charge in [0.25, 0.3) is 11.7 Å². The molecule has 1 N–H and O–H groups in total. The molecule has 0 saturated carbocycles. The number of aromatic nitrogens is 2. The molecule has 0 bridgehead atoms. The van der Waals surface area contributed by atoms with Gasteiger partial charge in [-0.25, -0.2) is 4.98 Å². The van der Waals surface area contributed by atoms with Gasteiger partial charge >= 0.3 is 0 Å². The van der Waals surface area contributed by atoms with E-state index in [1.165, 1.54) is 0 Å². The molecule has 2 atom stereocenters. The average molecular weight is 536 g/mol. The van der Waals surface area contributed by atoms with Crippen LogP contribution in [0.2, 0.25) is 0 Å². The molecule has 8 nitrogen and oxygen atoms in total. The summed E-state index contributed by atoms with van der Waals surface area (Å²) in [5.41, 5.74) is 2.18. The molecule has 3 aromatic carbocycles. The highest BCUT2D eigenvalue weighted by molar-refractivity contribution is 6.46. The fourth-order valence-corrected chi connectivity index (χ4v) is 5.40. The van der Waals surface area contributed by atoms with Gasteiger partial charge in [0.15, 0.2) is 0 Å². The highest BCUT2D eigenvalue weighted by Crippen LogP contribution is 2.41. The number of aryl methyl sites for hydroxylation is 1. The lowest BCUT2D eigenvalue weighted by Crippen LogP contribution is -2.31. The third-order valence-electron chi connectivity index (χ3n) is 7.24. The molecule has 40 heavy (non-hydrogen) atoms.